The molecule has 6 nitrogen and oxygen atoms in total. The highest BCUT2D eigenvalue weighted by atomic mass is 16.5. The maximum atomic E-state index is 13.8. The van der Waals surface area contributed by atoms with Crippen LogP contribution < -0.4 is 19.9 Å². The lowest BCUT2D eigenvalue weighted by molar-refractivity contribution is 0.0984. The number of nitrogens with one attached hydrogen (secondary N) is 1. The highest BCUT2D eigenvalue weighted by Gasteiger charge is 2.23. The number of pyridine rings is 1. The van der Waals surface area contributed by atoms with E-state index in [1.807, 2.05) is 63.2 Å². The number of aryl methyl sites for hydroxylation is 3. The Bertz CT molecular complexity index is 1440. The second-order valence-electron chi connectivity index (χ2n) is 8.47. The molecule has 1 amide bonds. The molecule has 3 aromatic carbocycles. The fraction of sp³-hybridized carbons (Fsp3) is 0.214. The zero-order valence-corrected chi connectivity index (χ0v) is 20.1. The number of aromatic amines is 1. The summed E-state index contributed by atoms with van der Waals surface area (Å²) in [7, 11) is 3.08. The Kier molecular flexibility index (Phi) is 6.41. The molecule has 0 spiro atoms. The summed E-state index contributed by atoms with van der Waals surface area (Å²) in [4.78, 5) is 31.3. The number of fused-ring (bicyclic) bond motifs is 1. The lowest BCUT2D eigenvalue weighted by Crippen LogP contribution is -2.33. The van der Waals surface area contributed by atoms with Crippen molar-refractivity contribution in [3.8, 4) is 11.5 Å². The van der Waals surface area contributed by atoms with Gasteiger partial charge in [0.1, 0.15) is 0 Å². The van der Waals surface area contributed by atoms with Crippen LogP contribution in [0.15, 0.2) is 65.5 Å². The van der Waals surface area contributed by atoms with E-state index < -0.39 is 0 Å². The number of aromatic nitrogens is 1. The number of methoxy groups -OCH3 is 2. The van der Waals surface area contributed by atoms with E-state index >= 15 is 0 Å². The molecular formula is C28H28N2O4. The maximum absolute atomic E-state index is 13.8. The Morgan fingerprint density at radius 1 is 0.853 bits per heavy atom. The van der Waals surface area contributed by atoms with Gasteiger partial charge < -0.3 is 19.4 Å². The van der Waals surface area contributed by atoms with Gasteiger partial charge in [0.15, 0.2) is 11.5 Å². The summed E-state index contributed by atoms with van der Waals surface area (Å²) in [5.41, 5.74) is 5.38. The number of anilines is 1. The summed E-state index contributed by atoms with van der Waals surface area (Å²) in [5, 5.41) is 0.925. The van der Waals surface area contributed by atoms with Gasteiger partial charge in [-0.1, -0.05) is 29.3 Å². The minimum atomic E-state index is -0.239. The van der Waals surface area contributed by atoms with Crippen LogP contribution in [0.5, 0.6) is 11.5 Å². The van der Waals surface area contributed by atoms with E-state index in [2.05, 4.69) is 4.98 Å². The third kappa shape index (κ3) is 4.53. The summed E-state index contributed by atoms with van der Waals surface area (Å²) in [5.74, 6) is 0.767. The Labute approximate surface area is 198 Å². The molecule has 0 saturated carbocycles. The molecule has 0 aliphatic heterocycles. The predicted octanol–water partition coefficient (Wildman–Crippen LogP) is 5.32. The number of benzene rings is 3. The normalized spacial score (nSPS) is 10.9. The minimum absolute atomic E-state index is 0.121. The van der Waals surface area contributed by atoms with Gasteiger partial charge in [-0.15, -0.1) is 0 Å². The van der Waals surface area contributed by atoms with Crippen LogP contribution in [0.4, 0.5) is 5.69 Å². The van der Waals surface area contributed by atoms with Crippen LogP contribution in [0.25, 0.3) is 10.9 Å². The number of carbonyl (C=O) groups excluding carboxylic acids is 1. The topological polar surface area (TPSA) is 71.6 Å². The van der Waals surface area contributed by atoms with Crippen molar-refractivity contribution in [2.24, 2.45) is 0 Å². The molecule has 4 rings (SSSR count). The molecule has 1 heterocycles. The van der Waals surface area contributed by atoms with Crippen molar-refractivity contribution in [2.75, 3.05) is 19.1 Å². The van der Waals surface area contributed by atoms with E-state index in [1.165, 1.54) is 7.11 Å². The van der Waals surface area contributed by atoms with Gasteiger partial charge in [-0.2, -0.15) is 0 Å². The summed E-state index contributed by atoms with van der Waals surface area (Å²) in [6.07, 6.45) is 0. The Hall–Kier alpha value is -4.06. The van der Waals surface area contributed by atoms with E-state index in [9.17, 15) is 9.59 Å². The summed E-state index contributed by atoms with van der Waals surface area (Å²) in [6, 6.07) is 18.7. The molecule has 174 valence electrons. The van der Waals surface area contributed by atoms with Crippen molar-refractivity contribution in [3.05, 3.63) is 98.8 Å². The molecule has 0 aliphatic carbocycles. The van der Waals surface area contributed by atoms with Crippen LogP contribution in [-0.2, 0) is 6.54 Å². The molecule has 1 aromatic heterocycles. The number of carbonyl (C=O) groups is 1. The number of hydrogen-bond acceptors (Lipinski definition) is 4. The zero-order valence-electron chi connectivity index (χ0n) is 20.1. The number of amides is 1. The van der Waals surface area contributed by atoms with E-state index in [-0.39, 0.29) is 18.0 Å². The van der Waals surface area contributed by atoms with E-state index in [0.29, 0.717) is 22.6 Å². The molecule has 1 N–H and O–H groups in total. The fourth-order valence-corrected chi connectivity index (χ4v) is 4.16. The summed E-state index contributed by atoms with van der Waals surface area (Å²) >= 11 is 0. The fourth-order valence-electron chi connectivity index (χ4n) is 4.16. The Balaban J connectivity index is 1.82. The molecule has 0 aliphatic rings. The third-order valence-corrected chi connectivity index (χ3v) is 5.92. The molecule has 0 atom stereocenters. The second kappa shape index (κ2) is 9.43. The lowest BCUT2D eigenvalue weighted by atomic mass is 10.1. The first-order valence-electron chi connectivity index (χ1n) is 11.0. The smallest absolute Gasteiger partial charge is 0.258 e. The van der Waals surface area contributed by atoms with Crippen LogP contribution in [-0.4, -0.2) is 25.1 Å². The number of nitrogens with zero attached hydrogens (tertiary/aromatic N) is 1. The van der Waals surface area contributed by atoms with Crippen molar-refractivity contribution in [1.29, 1.82) is 0 Å². The quantitative estimate of drug-likeness (QED) is 0.426. The second-order valence-corrected chi connectivity index (χ2v) is 8.47. The molecular weight excluding hydrogens is 428 g/mol. The monoisotopic (exact) mass is 456 g/mol. The van der Waals surface area contributed by atoms with Crippen molar-refractivity contribution in [2.45, 2.75) is 27.3 Å². The van der Waals surface area contributed by atoms with Crippen LogP contribution >= 0.6 is 0 Å². The van der Waals surface area contributed by atoms with Gasteiger partial charge in [0, 0.05) is 22.3 Å². The van der Waals surface area contributed by atoms with E-state index in [4.69, 9.17) is 9.47 Å². The van der Waals surface area contributed by atoms with Crippen LogP contribution in [0.2, 0.25) is 0 Å². The third-order valence-electron chi connectivity index (χ3n) is 5.92. The average molecular weight is 457 g/mol. The highest BCUT2D eigenvalue weighted by molar-refractivity contribution is 6.06. The molecule has 0 saturated heterocycles. The predicted molar refractivity (Wildman–Crippen MR) is 135 cm³/mol. The molecule has 34 heavy (non-hydrogen) atoms. The largest absolute Gasteiger partial charge is 0.493 e. The number of H-pyrrole nitrogens is 1. The first-order valence-corrected chi connectivity index (χ1v) is 11.0. The maximum Gasteiger partial charge on any atom is 0.258 e. The molecule has 0 unspecified atom stereocenters. The van der Waals surface area contributed by atoms with Gasteiger partial charge in [0.25, 0.3) is 11.5 Å². The standard InChI is InChI=1S/C28H28N2O4/c1-17-7-10-24(19(3)12-17)30(28(32)20-8-11-25(33-4)26(15-20)34-5)16-22-14-21-13-18(2)6-9-23(21)29-27(22)31/h6-15H,16H2,1-5H3,(H,29,31). The van der Waals surface area contributed by atoms with Crippen molar-refractivity contribution in [1.82, 2.24) is 4.98 Å². The lowest BCUT2D eigenvalue weighted by Gasteiger charge is -2.25. The molecule has 4 aromatic rings. The molecule has 0 fully saturated rings. The van der Waals surface area contributed by atoms with Gasteiger partial charge in [0.05, 0.1) is 20.8 Å². The Morgan fingerprint density at radius 2 is 1.56 bits per heavy atom. The van der Waals surface area contributed by atoms with Crippen LogP contribution in [0.1, 0.15) is 32.6 Å². The van der Waals surface area contributed by atoms with Crippen molar-refractivity contribution in [3.63, 3.8) is 0 Å². The van der Waals surface area contributed by atoms with Crippen molar-refractivity contribution < 1.29 is 14.3 Å². The summed E-state index contributed by atoms with van der Waals surface area (Å²) in [6.45, 7) is 6.10. The van der Waals surface area contributed by atoms with Gasteiger partial charge in [0.2, 0.25) is 0 Å². The van der Waals surface area contributed by atoms with E-state index in [1.54, 1.807) is 30.2 Å². The van der Waals surface area contributed by atoms with Gasteiger partial charge in [-0.25, -0.2) is 0 Å². The van der Waals surface area contributed by atoms with Gasteiger partial charge in [-0.3, -0.25) is 9.59 Å². The number of hydrogen-bond donors (Lipinski definition) is 1. The highest BCUT2D eigenvalue weighted by Crippen LogP contribution is 2.30. The molecule has 0 bridgehead atoms. The molecule has 6 heteroatoms. The van der Waals surface area contributed by atoms with E-state index in [0.717, 1.165) is 33.3 Å². The first-order chi connectivity index (χ1) is 16.3. The summed E-state index contributed by atoms with van der Waals surface area (Å²) < 4.78 is 10.7. The molecule has 0 radical (unpaired) electrons. The first kappa shape index (κ1) is 23.1. The average Bonchev–Trinajstić information content (AvgIpc) is 2.82. The van der Waals surface area contributed by atoms with Crippen LogP contribution in [0, 0.1) is 20.8 Å². The Morgan fingerprint density at radius 3 is 2.26 bits per heavy atom. The SMILES string of the molecule is COc1ccc(C(=O)N(Cc2cc3cc(C)ccc3[nH]c2=O)c2ccc(C)cc2C)cc1OC. The number of ether oxygens (including phenoxy) is 2. The van der Waals surface area contributed by atoms with Gasteiger partial charge >= 0.3 is 0 Å². The van der Waals surface area contributed by atoms with Crippen molar-refractivity contribution >= 4 is 22.5 Å². The van der Waals surface area contributed by atoms with Gasteiger partial charge in [-0.05, 0) is 74.2 Å². The zero-order chi connectivity index (χ0) is 24.4. The van der Waals surface area contributed by atoms with Crippen LogP contribution in [0.3, 0.4) is 0 Å². The minimum Gasteiger partial charge on any atom is -0.493 e. The number of rotatable bonds is 6.